The third-order valence-corrected chi connectivity index (χ3v) is 5.19. The fraction of sp³-hybridized carbons (Fsp3) is 0.115. The molecule has 3 N–H and O–H groups in total. The fourth-order valence-corrected chi connectivity index (χ4v) is 3.25. The van der Waals surface area contributed by atoms with Crippen molar-refractivity contribution in [1.82, 2.24) is 10.7 Å². The summed E-state index contributed by atoms with van der Waals surface area (Å²) in [5.74, 6) is -1.08. The van der Waals surface area contributed by atoms with E-state index in [9.17, 15) is 14.7 Å². The smallest absolute Gasteiger partial charge is 0.287 e. The Labute approximate surface area is 208 Å². The van der Waals surface area contributed by atoms with Crippen LogP contribution in [0.15, 0.2) is 77.5 Å². The number of rotatable bonds is 8. The molecule has 180 valence electrons. The Balaban J connectivity index is 1.83. The van der Waals surface area contributed by atoms with Crippen molar-refractivity contribution in [2.75, 3.05) is 26.1 Å². The number of aromatic hydroxyl groups is 1. The van der Waals surface area contributed by atoms with E-state index in [4.69, 9.17) is 16.3 Å². The summed E-state index contributed by atoms with van der Waals surface area (Å²) in [4.78, 5) is 27.6. The highest BCUT2D eigenvalue weighted by atomic mass is 35.5. The number of carbonyl (C=O) groups is 2. The third-order valence-electron chi connectivity index (χ3n) is 4.90. The normalized spacial score (nSPS) is 11.3. The number of carbonyl (C=O) groups excluding carboxylic acids is 2. The minimum Gasteiger partial charge on any atom is -0.503 e. The highest BCUT2D eigenvalue weighted by Crippen LogP contribution is 2.34. The first-order valence-corrected chi connectivity index (χ1v) is 10.9. The van der Waals surface area contributed by atoms with Crippen molar-refractivity contribution in [3.63, 3.8) is 0 Å². The number of hydrogen-bond donors (Lipinski definition) is 3. The average Bonchev–Trinajstić information content (AvgIpc) is 2.86. The summed E-state index contributed by atoms with van der Waals surface area (Å²) in [5, 5.41) is 16.5. The SMILES string of the molecule is COc1cc(/C=N\NC(=O)/C(=C/c2ccc(N(C)C)cc2)NC(=O)c2ccccc2)cc(Cl)c1O. The van der Waals surface area contributed by atoms with Gasteiger partial charge in [-0.1, -0.05) is 41.9 Å². The first-order valence-electron chi connectivity index (χ1n) is 10.5. The topological polar surface area (TPSA) is 103 Å². The van der Waals surface area contributed by atoms with Gasteiger partial charge in [0.15, 0.2) is 11.5 Å². The van der Waals surface area contributed by atoms with Crippen molar-refractivity contribution >= 4 is 41.4 Å². The van der Waals surface area contributed by atoms with Gasteiger partial charge >= 0.3 is 0 Å². The largest absolute Gasteiger partial charge is 0.503 e. The number of amides is 2. The molecule has 0 saturated carbocycles. The molecule has 0 bridgehead atoms. The lowest BCUT2D eigenvalue weighted by Crippen LogP contribution is -2.32. The summed E-state index contributed by atoms with van der Waals surface area (Å²) in [6.45, 7) is 0. The molecule has 3 rings (SSSR count). The van der Waals surface area contributed by atoms with Crippen molar-refractivity contribution in [3.8, 4) is 11.5 Å². The van der Waals surface area contributed by atoms with Crippen LogP contribution in [-0.4, -0.2) is 44.3 Å². The molecule has 35 heavy (non-hydrogen) atoms. The molecule has 0 unspecified atom stereocenters. The average molecular weight is 493 g/mol. The van der Waals surface area contributed by atoms with E-state index in [1.165, 1.54) is 25.5 Å². The van der Waals surface area contributed by atoms with Crippen LogP contribution in [0.3, 0.4) is 0 Å². The maximum atomic E-state index is 12.9. The van der Waals surface area contributed by atoms with Crippen LogP contribution in [0.25, 0.3) is 6.08 Å². The van der Waals surface area contributed by atoms with E-state index < -0.39 is 11.8 Å². The van der Waals surface area contributed by atoms with Crippen molar-refractivity contribution in [2.24, 2.45) is 5.10 Å². The van der Waals surface area contributed by atoms with Gasteiger partial charge in [-0.25, -0.2) is 5.43 Å². The highest BCUT2D eigenvalue weighted by Gasteiger charge is 2.14. The van der Waals surface area contributed by atoms with E-state index in [0.29, 0.717) is 16.7 Å². The molecule has 0 aliphatic heterocycles. The molecular weight excluding hydrogens is 468 g/mol. The van der Waals surface area contributed by atoms with Gasteiger partial charge in [-0.05, 0) is 53.6 Å². The molecular formula is C26H25ClN4O4. The number of hydrogen-bond acceptors (Lipinski definition) is 6. The van der Waals surface area contributed by atoms with E-state index in [1.807, 2.05) is 43.3 Å². The van der Waals surface area contributed by atoms with E-state index in [1.54, 1.807) is 36.4 Å². The Morgan fingerprint density at radius 3 is 2.34 bits per heavy atom. The van der Waals surface area contributed by atoms with Crippen LogP contribution in [-0.2, 0) is 4.79 Å². The number of hydrazone groups is 1. The second-order valence-electron chi connectivity index (χ2n) is 7.62. The van der Waals surface area contributed by atoms with Crippen LogP contribution < -0.4 is 20.4 Å². The quantitative estimate of drug-likeness (QED) is 0.250. The number of phenolic OH excluding ortho intramolecular Hbond substituents is 1. The number of nitrogens with one attached hydrogen (secondary N) is 2. The van der Waals surface area contributed by atoms with Gasteiger partial charge in [-0.15, -0.1) is 0 Å². The molecule has 3 aromatic carbocycles. The first kappa shape index (κ1) is 25.3. The monoisotopic (exact) mass is 492 g/mol. The molecule has 2 amide bonds. The molecule has 0 radical (unpaired) electrons. The zero-order valence-corrected chi connectivity index (χ0v) is 20.2. The number of methoxy groups -OCH3 is 1. The second-order valence-corrected chi connectivity index (χ2v) is 8.02. The van der Waals surface area contributed by atoms with Gasteiger partial charge in [0.1, 0.15) is 5.70 Å². The highest BCUT2D eigenvalue weighted by molar-refractivity contribution is 6.32. The predicted molar refractivity (Wildman–Crippen MR) is 138 cm³/mol. The predicted octanol–water partition coefficient (Wildman–Crippen LogP) is 4.04. The van der Waals surface area contributed by atoms with Gasteiger partial charge in [0, 0.05) is 25.3 Å². The summed E-state index contributed by atoms with van der Waals surface area (Å²) in [5.41, 5.74) is 5.02. The number of benzene rings is 3. The van der Waals surface area contributed by atoms with Gasteiger partial charge in [0.25, 0.3) is 11.8 Å². The van der Waals surface area contributed by atoms with Gasteiger partial charge in [-0.2, -0.15) is 5.10 Å². The number of phenols is 1. The number of anilines is 1. The summed E-state index contributed by atoms with van der Waals surface area (Å²) in [6.07, 6.45) is 2.90. The Bertz CT molecular complexity index is 1260. The molecule has 0 aliphatic rings. The van der Waals surface area contributed by atoms with E-state index in [-0.39, 0.29) is 22.2 Å². The molecule has 0 atom stereocenters. The standard InChI is InChI=1S/C26H25ClN4O4/c1-31(2)20-11-9-17(10-12-20)14-22(29-25(33)19-7-5-4-6-8-19)26(34)30-28-16-18-13-21(27)24(32)23(15-18)35-3/h4-16,32H,1-3H3,(H,29,33)(H,30,34)/b22-14-,28-16-. The fourth-order valence-electron chi connectivity index (χ4n) is 3.03. The van der Waals surface area contributed by atoms with E-state index in [2.05, 4.69) is 15.8 Å². The van der Waals surface area contributed by atoms with Gasteiger partial charge in [0.2, 0.25) is 0 Å². The zero-order valence-electron chi connectivity index (χ0n) is 19.4. The van der Waals surface area contributed by atoms with Crippen LogP contribution in [0, 0.1) is 0 Å². The van der Waals surface area contributed by atoms with Crippen LogP contribution >= 0.6 is 11.6 Å². The lowest BCUT2D eigenvalue weighted by atomic mass is 10.1. The van der Waals surface area contributed by atoms with Crippen LogP contribution in [0.5, 0.6) is 11.5 Å². The molecule has 3 aromatic rings. The first-order chi connectivity index (χ1) is 16.8. The van der Waals surface area contributed by atoms with Crippen molar-refractivity contribution < 1.29 is 19.4 Å². The zero-order chi connectivity index (χ0) is 25.4. The minimum atomic E-state index is -0.626. The Hall–Kier alpha value is -4.30. The lowest BCUT2D eigenvalue weighted by Gasteiger charge is -2.12. The van der Waals surface area contributed by atoms with Crippen molar-refractivity contribution in [2.45, 2.75) is 0 Å². The van der Waals surface area contributed by atoms with E-state index >= 15 is 0 Å². The molecule has 0 saturated heterocycles. The second kappa shape index (κ2) is 11.7. The molecule has 0 aliphatic carbocycles. The van der Waals surface area contributed by atoms with Crippen molar-refractivity contribution in [1.29, 1.82) is 0 Å². The number of halogens is 1. The Kier molecular flexibility index (Phi) is 8.48. The molecule has 8 nitrogen and oxygen atoms in total. The van der Waals surface area contributed by atoms with E-state index in [0.717, 1.165) is 5.69 Å². The van der Waals surface area contributed by atoms with Gasteiger partial charge in [0.05, 0.1) is 18.3 Å². The summed E-state index contributed by atoms with van der Waals surface area (Å²) in [7, 11) is 5.25. The molecule has 0 spiro atoms. The maximum absolute atomic E-state index is 12.9. The molecule has 0 heterocycles. The van der Waals surface area contributed by atoms with Crippen LogP contribution in [0.1, 0.15) is 21.5 Å². The van der Waals surface area contributed by atoms with Gasteiger partial charge in [-0.3, -0.25) is 9.59 Å². The summed E-state index contributed by atoms with van der Waals surface area (Å²) < 4.78 is 5.06. The third kappa shape index (κ3) is 6.84. The van der Waals surface area contributed by atoms with Crippen LogP contribution in [0.4, 0.5) is 5.69 Å². The summed E-state index contributed by atoms with van der Waals surface area (Å²) in [6, 6.07) is 19.0. The molecule has 0 fully saturated rings. The van der Waals surface area contributed by atoms with Crippen LogP contribution in [0.2, 0.25) is 5.02 Å². The Morgan fingerprint density at radius 2 is 1.71 bits per heavy atom. The lowest BCUT2D eigenvalue weighted by molar-refractivity contribution is -0.117. The molecule has 0 aromatic heterocycles. The number of nitrogens with zero attached hydrogens (tertiary/aromatic N) is 2. The molecule has 9 heteroatoms. The Morgan fingerprint density at radius 1 is 1.03 bits per heavy atom. The minimum absolute atomic E-state index is 0.00919. The van der Waals surface area contributed by atoms with Crippen molar-refractivity contribution in [3.05, 3.63) is 94.1 Å². The maximum Gasteiger partial charge on any atom is 0.287 e. The van der Waals surface area contributed by atoms with Gasteiger partial charge < -0.3 is 20.1 Å². The summed E-state index contributed by atoms with van der Waals surface area (Å²) >= 11 is 5.99. The number of ether oxygens (including phenoxy) is 1.